The van der Waals surface area contributed by atoms with E-state index in [1.54, 1.807) is 28.0 Å². The zero-order valence-corrected chi connectivity index (χ0v) is 11.4. The molecule has 100 valence electrons. The Kier molecular flexibility index (Phi) is 4.01. The summed E-state index contributed by atoms with van der Waals surface area (Å²) < 4.78 is 1.64. The molecule has 6 heteroatoms. The van der Waals surface area contributed by atoms with Gasteiger partial charge in [-0.25, -0.2) is 0 Å². The minimum atomic E-state index is -0.231. The van der Waals surface area contributed by atoms with Crippen molar-refractivity contribution in [2.45, 2.75) is 19.9 Å². The molecule has 0 aromatic carbocycles. The fourth-order valence-electron chi connectivity index (χ4n) is 1.87. The first-order chi connectivity index (χ1) is 9.13. The molecule has 2 rings (SSSR count). The monoisotopic (exact) mass is 277 g/mol. The second-order valence-electron chi connectivity index (χ2n) is 4.21. The van der Waals surface area contributed by atoms with Crippen molar-refractivity contribution in [3.05, 3.63) is 56.1 Å². The molecule has 0 saturated carbocycles. The molecule has 0 unspecified atom stereocenters. The Morgan fingerprint density at radius 3 is 2.89 bits per heavy atom. The van der Waals surface area contributed by atoms with E-state index in [0.29, 0.717) is 6.54 Å². The van der Waals surface area contributed by atoms with Crippen LogP contribution in [0.15, 0.2) is 38.9 Å². The van der Waals surface area contributed by atoms with E-state index in [1.165, 1.54) is 5.56 Å². The molecule has 19 heavy (non-hydrogen) atoms. The van der Waals surface area contributed by atoms with Gasteiger partial charge in [0.05, 0.1) is 5.56 Å². The van der Waals surface area contributed by atoms with E-state index >= 15 is 0 Å². The summed E-state index contributed by atoms with van der Waals surface area (Å²) in [6, 6.07) is 5.41. The molecule has 0 aliphatic carbocycles. The summed E-state index contributed by atoms with van der Waals surface area (Å²) >= 11 is 1.64. The predicted octanol–water partition coefficient (Wildman–Crippen LogP) is 1.56. The van der Waals surface area contributed by atoms with Crippen LogP contribution >= 0.6 is 11.3 Å². The first-order valence-electron chi connectivity index (χ1n) is 5.83. The quantitative estimate of drug-likeness (QED) is 0.385. The van der Waals surface area contributed by atoms with Gasteiger partial charge in [0.1, 0.15) is 0 Å². The molecule has 3 N–H and O–H groups in total. The van der Waals surface area contributed by atoms with Crippen LogP contribution in [0.5, 0.6) is 0 Å². The summed E-state index contributed by atoms with van der Waals surface area (Å²) in [7, 11) is 0. The van der Waals surface area contributed by atoms with Crippen LogP contribution in [0.1, 0.15) is 16.8 Å². The summed E-state index contributed by atoms with van der Waals surface area (Å²) in [6.07, 6.45) is 0.782. The van der Waals surface area contributed by atoms with Gasteiger partial charge in [0.25, 0.3) is 5.56 Å². The average Bonchev–Trinajstić information content (AvgIpc) is 2.91. The third kappa shape index (κ3) is 2.85. The van der Waals surface area contributed by atoms with E-state index in [4.69, 9.17) is 10.9 Å². The molecule has 0 amide bonds. The number of thiophene rings is 1. The molecule has 2 heterocycles. The van der Waals surface area contributed by atoms with Gasteiger partial charge in [0, 0.05) is 12.2 Å². The van der Waals surface area contributed by atoms with Gasteiger partial charge < -0.3 is 15.5 Å². The Morgan fingerprint density at radius 2 is 2.26 bits per heavy atom. The van der Waals surface area contributed by atoms with Crippen LogP contribution in [0.2, 0.25) is 0 Å². The van der Waals surface area contributed by atoms with Gasteiger partial charge >= 0.3 is 0 Å². The smallest absolute Gasteiger partial charge is 0.261 e. The van der Waals surface area contributed by atoms with Crippen molar-refractivity contribution in [1.29, 1.82) is 0 Å². The molecule has 0 aliphatic heterocycles. The number of aromatic nitrogens is 1. The van der Waals surface area contributed by atoms with Crippen LogP contribution in [0, 0.1) is 6.92 Å². The van der Waals surface area contributed by atoms with Crippen molar-refractivity contribution in [2.75, 3.05) is 0 Å². The molecule has 2 aromatic rings. The summed E-state index contributed by atoms with van der Waals surface area (Å²) in [5.41, 5.74) is 7.54. The van der Waals surface area contributed by atoms with Gasteiger partial charge in [-0.1, -0.05) is 5.16 Å². The van der Waals surface area contributed by atoms with Crippen molar-refractivity contribution in [3.8, 4) is 0 Å². The number of amidine groups is 1. The van der Waals surface area contributed by atoms with Crippen LogP contribution in [-0.4, -0.2) is 15.6 Å². The fourth-order valence-corrected chi connectivity index (χ4v) is 2.58. The minimum Gasteiger partial charge on any atom is -0.409 e. The molecule has 5 nitrogen and oxygen atoms in total. The standard InChI is InChI=1S/C13H15N3O2S/c1-9-2-3-11(12(14)15-18)13(17)16(9)6-4-10-5-7-19-8-10/h2-3,5,7-8,18H,4,6H2,1H3,(H2,14,15). The van der Waals surface area contributed by atoms with Crippen molar-refractivity contribution in [3.63, 3.8) is 0 Å². The van der Waals surface area contributed by atoms with Crippen molar-refractivity contribution >= 4 is 17.2 Å². The molecule has 0 spiro atoms. The maximum atomic E-state index is 12.2. The lowest BCUT2D eigenvalue weighted by Crippen LogP contribution is -2.31. The second-order valence-corrected chi connectivity index (χ2v) is 4.99. The summed E-state index contributed by atoms with van der Waals surface area (Å²) in [5, 5.41) is 15.6. The van der Waals surface area contributed by atoms with Gasteiger partial charge in [-0.15, -0.1) is 0 Å². The van der Waals surface area contributed by atoms with E-state index in [0.717, 1.165) is 12.1 Å². The molecule has 0 saturated heterocycles. The lowest BCUT2D eigenvalue weighted by molar-refractivity contribution is 0.318. The van der Waals surface area contributed by atoms with Crippen LogP contribution < -0.4 is 11.3 Å². The van der Waals surface area contributed by atoms with E-state index in [2.05, 4.69) is 10.5 Å². The number of aryl methyl sites for hydroxylation is 2. The third-order valence-corrected chi connectivity index (χ3v) is 3.71. The highest BCUT2D eigenvalue weighted by molar-refractivity contribution is 7.07. The molecule has 0 atom stereocenters. The Bertz CT molecular complexity index is 644. The number of pyridine rings is 1. The van der Waals surface area contributed by atoms with E-state index in [-0.39, 0.29) is 17.0 Å². The van der Waals surface area contributed by atoms with Crippen molar-refractivity contribution in [2.24, 2.45) is 10.9 Å². The Hall–Kier alpha value is -2.08. The summed E-state index contributed by atoms with van der Waals surface area (Å²) in [5.74, 6) is -0.158. The van der Waals surface area contributed by atoms with Crippen LogP contribution in [0.4, 0.5) is 0 Å². The normalized spacial score (nSPS) is 11.7. The predicted molar refractivity (Wildman–Crippen MR) is 76.0 cm³/mol. The van der Waals surface area contributed by atoms with Gasteiger partial charge in [0.2, 0.25) is 0 Å². The van der Waals surface area contributed by atoms with Crippen LogP contribution in [0.25, 0.3) is 0 Å². The van der Waals surface area contributed by atoms with Crippen LogP contribution in [0.3, 0.4) is 0 Å². The van der Waals surface area contributed by atoms with Gasteiger partial charge in [-0.3, -0.25) is 4.79 Å². The highest BCUT2D eigenvalue weighted by atomic mass is 32.1. The maximum absolute atomic E-state index is 12.2. The molecule has 0 fully saturated rings. The molecule has 2 aromatic heterocycles. The average molecular weight is 277 g/mol. The van der Waals surface area contributed by atoms with Gasteiger partial charge in [-0.2, -0.15) is 11.3 Å². The number of hydrogen-bond donors (Lipinski definition) is 2. The van der Waals surface area contributed by atoms with Crippen LogP contribution in [-0.2, 0) is 13.0 Å². The molecular weight excluding hydrogens is 262 g/mol. The highest BCUT2D eigenvalue weighted by Crippen LogP contribution is 2.08. The van der Waals surface area contributed by atoms with E-state index in [1.807, 2.05) is 18.4 Å². The molecular formula is C13H15N3O2S. The maximum Gasteiger partial charge on any atom is 0.261 e. The highest BCUT2D eigenvalue weighted by Gasteiger charge is 2.10. The first-order valence-corrected chi connectivity index (χ1v) is 6.77. The first kappa shape index (κ1) is 13.4. The lowest BCUT2D eigenvalue weighted by Gasteiger charge is -2.11. The van der Waals surface area contributed by atoms with Crippen molar-refractivity contribution < 1.29 is 5.21 Å². The SMILES string of the molecule is Cc1ccc(/C(N)=N/O)c(=O)n1CCc1ccsc1. The third-order valence-electron chi connectivity index (χ3n) is 2.98. The number of hydrogen-bond acceptors (Lipinski definition) is 4. The fraction of sp³-hybridized carbons (Fsp3) is 0.231. The number of nitrogens with zero attached hydrogens (tertiary/aromatic N) is 2. The minimum absolute atomic E-state index is 0.158. The molecule has 0 radical (unpaired) electrons. The van der Waals surface area contributed by atoms with Gasteiger partial charge in [-0.05, 0) is 47.9 Å². The van der Waals surface area contributed by atoms with Gasteiger partial charge in [0.15, 0.2) is 5.84 Å². The topological polar surface area (TPSA) is 80.6 Å². The van der Waals surface area contributed by atoms with E-state index < -0.39 is 0 Å². The zero-order chi connectivity index (χ0) is 13.8. The number of rotatable bonds is 4. The lowest BCUT2D eigenvalue weighted by atomic mass is 10.2. The number of nitrogens with two attached hydrogens (primary N) is 1. The van der Waals surface area contributed by atoms with E-state index in [9.17, 15) is 4.79 Å². The Balaban J connectivity index is 2.31. The molecule has 0 aliphatic rings. The van der Waals surface area contributed by atoms with Crippen molar-refractivity contribution in [1.82, 2.24) is 4.57 Å². The number of oxime groups is 1. The summed E-state index contributed by atoms with van der Waals surface area (Å²) in [4.78, 5) is 12.2. The summed E-state index contributed by atoms with van der Waals surface area (Å²) in [6.45, 7) is 2.44. The molecule has 0 bridgehead atoms. The largest absolute Gasteiger partial charge is 0.409 e. The second kappa shape index (κ2) is 5.71. The zero-order valence-electron chi connectivity index (χ0n) is 10.5. The Morgan fingerprint density at radius 1 is 1.47 bits per heavy atom. The Labute approximate surface area is 114 Å².